The number of amides is 2. The van der Waals surface area contributed by atoms with Gasteiger partial charge < -0.3 is 4.90 Å². The zero-order chi connectivity index (χ0) is 25.4. The highest BCUT2D eigenvalue weighted by Crippen LogP contribution is 2.35. The monoisotopic (exact) mass is 490 g/mol. The van der Waals surface area contributed by atoms with Crippen molar-refractivity contribution in [2.24, 2.45) is 0 Å². The first-order valence-corrected chi connectivity index (χ1v) is 10.8. The Balaban J connectivity index is 1.57. The van der Waals surface area contributed by atoms with Crippen LogP contribution in [-0.2, 0) is 17.9 Å². The first kappa shape index (κ1) is 23.0. The quantitative estimate of drug-likeness (QED) is 0.388. The van der Waals surface area contributed by atoms with Gasteiger partial charge >= 0.3 is 0 Å². The lowest BCUT2D eigenvalue weighted by Gasteiger charge is -2.19. The molecule has 36 heavy (non-hydrogen) atoms. The fourth-order valence-corrected chi connectivity index (χ4v) is 4.05. The van der Waals surface area contributed by atoms with E-state index in [0.29, 0.717) is 23.4 Å². The summed E-state index contributed by atoms with van der Waals surface area (Å²) in [6, 6.07) is 15.1. The van der Waals surface area contributed by atoms with Crippen molar-refractivity contribution in [3.8, 4) is 0 Å². The van der Waals surface area contributed by atoms with Crippen molar-refractivity contribution in [2.45, 2.75) is 13.1 Å². The van der Waals surface area contributed by atoms with Crippen LogP contribution in [0.2, 0.25) is 0 Å². The number of halogens is 3. The maximum Gasteiger partial charge on any atom is 0.278 e. The standard InChI is InChI=1S/C26H17F3N4O3/c27-18-5-1-16(2-6-18)25(35)31-13-22-23(14-31)33(26(36)17-3-7-19(28)8-4-17)30-24(22)32(15-34)21-11-9-20(29)10-12-21/h1-12,15H,13-14H2. The van der Waals surface area contributed by atoms with Crippen molar-refractivity contribution in [2.75, 3.05) is 4.90 Å². The van der Waals surface area contributed by atoms with Crippen LogP contribution in [0.25, 0.3) is 0 Å². The predicted octanol–water partition coefficient (Wildman–Crippen LogP) is 4.44. The minimum atomic E-state index is -0.585. The van der Waals surface area contributed by atoms with E-state index in [4.69, 9.17) is 0 Å². The molecular weight excluding hydrogens is 473 g/mol. The molecule has 4 aromatic rings. The number of hydrogen-bond donors (Lipinski definition) is 0. The fraction of sp³-hybridized carbons (Fsp3) is 0.0769. The minimum Gasteiger partial charge on any atom is -0.328 e. The van der Waals surface area contributed by atoms with Crippen LogP contribution in [-0.4, -0.2) is 32.9 Å². The lowest BCUT2D eigenvalue weighted by molar-refractivity contribution is -0.106. The van der Waals surface area contributed by atoms with E-state index in [9.17, 15) is 27.6 Å². The Morgan fingerprint density at radius 2 is 1.25 bits per heavy atom. The number of benzene rings is 3. The normalized spacial score (nSPS) is 12.4. The summed E-state index contributed by atoms with van der Waals surface area (Å²) >= 11 is 0. The molecule has 2 heterocycles. The van der Waals surface area contributed by atoms with Crippen LogP contribution >= 0.6 is 0 Å². The van der Waals surface area contributed by atoms with Crippen LogP contribution in [0.4, 0.5) is 24.7 Å². The van der Waals surface area contributed by atoms with Gasteiger partial charge in [0.15, 0.2) is 5.82 Å². The summed E-state index contributed by atoms with van der Waals surface area (Å²) in [6.45, 7) is 0.00466. The molecule has 5 rings (SSSR count). The molecule has 10 heteroatoms. The van der Waals surface area contributed by atoms with Gasteiger partial charge in [0.1, 0.15) is 17.5 Å². The number of hydrogen-bond acceptors (Lipinski definition) is 4. The van der Waals surface area contributed by atoms with Gasteiger partial charge in [0.05, 0.1) is 24.5 Å². The predicted molar refractivity (Wildman–Crippen MR) is 123 cm³/mol. The Bertz CT molecular complexity index is 1470. The molecule has 2 amide bonds. The summed E-state index contributed by atoms with van der Waals surface area (Å²) in [7, 11) is 0. The number of fused-ring (bicyclic) bond motifs is 1. The molecule has 1 aliphatic rings. The van der Waals surface area contributed by atoms with E-state index in [1.807, 2.05) is 0 Å². The Morgan fingerprint density at radius 3 is 1.78 bits per heavy atom. The zero-order valence-electron chi connectivity index (χ0n) is 18.6. The van der Waals surface area contributed by atoms with Crippen molar-refractivity contribution in [1.82, 2.24) is 14.7 Å². The largest absolute Gasteiger partial charge is 0.328 e. The summed E-state index contributed by atoms with van der Waals surface area (Å²) in [5, 5.41) is 4.37. The van der Waals surface area contributed by atoms with Gasteiger partial charge in [-0.2, -0.15) is 4.68 Å². The second-order valence-corrected chi connectivity index (χ2v) is 8.09. The first-order chi connectivity index (χ1) is 17.4. The fourth-order valence-electron chi connectivity index (χ4n) is 4.05. The van der Waals surface area contributed by atoms with E-state index in [2.05, 4.69) is 5.10 Å². The zero-order valence-corrected chi connectivity index (χ0v) is 18.6. The maximum atomic E-state index is 13.5. The highest BCUT2D eigenvalue weighted by atomic mass is 19.1. The van der Waals surface area contributed by atoms with Crippen LogP contribution in [0.15, 0.2) is 72.8 Å². The van der Waals surface area contributed by atoms with Crippen molar-refractivity contribution in [3.63, 3.8) is 0 Å². The van der Waals surface area contributed by atoms with E-state index in [0.717, 1.165) is 21.7 Å². The molecule has 1 aliphatic heterocycles. The molecule has 1 aromatic heterocycles. The smallest absolute Gasteiger partial charge is 0.278 e. The molecular formula is C26H17F3N4O3. The van der Waals surface area contributed by atoms with Crippen molar-refractivity contribution in [3.05, 3.63) is 113 Å². The van der Waals surface area contributed by atoms with Gasteiger partial charge in [-0.25, -0.2) is 13.2 Å². The number of nitrogens with zero attached hydrogens (tertiary/aromatic N) is 4. The molecule has 180 valence electrons. The van der Waals surface area contributed by atoms with Crippen LogP contribution in [0.1, 0.15) is 32.0 Å². The second-order valence-electron chi connectivity index (χ2n) is 8.09. The van der Waals surface area contributed by atoms with E-state index < -0.39 is 29.3 Å². The molecule has 0 bridgehead atoms. The van der Waals surface area contributed by atoms with Crippen LogP contribution in [0.3, 0.4) is 0 Å². The summed E-state index contributed by atoms with van der Waals surface area (Å²) in [6.07, 6.45) is 0.479. The molecule has 0 N–H and O–H groups in total. The molecule has 0 saturated heterocycles. The molecule has 0 radical (unpaired) electrons. The number of carbonyl (C=O) groups excluding carboxylic acids is 3. The number of aromatic nitrogens is 2. The lowest BCUT2D eigenvalue weighted by Crippen LogP contribution is -2.28. The van der Waals surface area contributed by atoms with E-state index in [1.165, 1.54) is 65.6 Å². The van der Waals surface area contributed by atoms with Crippen molar-refractivity contribution < 1.29 is 27.6 Å². The topological polar surface area (TPSA) is 75.5 Å². The molecule has 0 saturated carbocycles. The third-order valence-corrected chi connectivity index (χ3v) is 5.86. The first-order valence-electron chi connectivity index (χ1n) is 10.8. The second kappa shape index (κ2) is 9.14. The SMILES string of the molecule is O=CN(c1ccc(F)cc1)c1nn(C(=O)c2ccc(F)cc2)c2c1CN(C(=O)c1ccc(F)cc1)C2. The number of rotatable bonds is 5. The molecule has 3 aromatic carbocycles. The van der Waals surface area contributed by atoms with E-state index in [-0.39, 0.29) is 30.0 Å². The summed E-state index contributed by atoms with van der Waals surface area (Å²) in [5.41, 5.74) is 1.51. The van der Waals surface area contributed by atoms with Gasteiger partial charge in [-0.3, -0.25) is 19.3 Å². The van der Waals surface area contributed by atoms with Gasteiger partial charge in [0.25, 0.3) is 11.8 Å². The molecule has 0 atom stereocenters. The summed E-state index contributed by atoms with van der Waals surface area (Å²) in [4.78, 5) is 41.1. The van der Waals surface area contributed by atoms with Crippen LogP contribution in [0, 0.1) is 17.5 Å². The van der Waals surface area contributed by atoms with E-state index >= 15 is 0 Å². The van der Waals surface area contributed by atoms with Crippen molar-refractivity contribution in [1.29, 1.82) is 0 Å². The van der Waals surface area contributed by atoms with E-state index in [1.54, 1.807) is 0 Å². The van der Waals surface area contributed by atoms with Gasteiger partial charge in [0.2, 0.25) is 6.41 Å². The van der Waals surface area contributed by atoms with Gasteiger partial charge in [-0.1, -0.05) is 0 Å². The average Bonchev–Trinajstić information content (AvgIpc) is 3.46. The number of anilines is 2. The molecule has 0 spiro atoms. The van der Waals surface area contributed by atoms with Gasteiger partial charge in [-0.05, 0) is 72.8 Å². The molecule has 0 fully saturated rings. The third kappa shape index (κ3) is 4.13. The third-order valence-electron chi connectivity index (χ3n) is 5.86. The molecule has 0 unspecified atom stereocenters. The van der Waals surface area contributed by atoms with Gasteiger partial charge in [0, 0.05) is 16.7 Å². The average molecular weight is 490 g/mol. The number of carbonyl (C=O) groups is 3. The lowest BCUT2D eigenvalue weighted by atomic mass is 10.2. The molecule has 0 aliphatic carbocycles. The Labute approximate surface area is 203 Å². The highest BCUT2D eigenvalue weighted by molar-refractivity contribution is 5.98. The highest BCUT2D eigenvalue weighted by Gasteiger charge is 2.35. The Kier molecular flexibility index (Phi) is 5.85. The van der Waals surface area contributed by atoms with Crippen LogP contribution in [0.5, 0.6) is 0 Å². The van der Waals surface area contributed by atoms with Crippen molar-refractivity contribution >= 4 is 29.7 Å². The molecule has 7 nitrogen and oxygen atoms in total. The van der Waals surface area contributed by atoms with Crippen LogP contribution < -0.4 is 4.90 Å². The Hall–Kier alpha value is -4.73. The summed E-state index contributed by atoms with van der Waals surface area (Å²) in [5.74, 6) is -2.40. The maximum absolute atomic E-state index is 13.5. The summed E-state index contributed by atoms with van der Waals surface area (Å²) < 4.78 is 41.3. The Morgan fingerprint density at radius 1 is 0.750 bits per heavy atom. The van der Waals surface area contributed by atoms with Gasteiger partial charge in [-0.15, -0.1) is 5.10 Å². The minimum absolute atomic E-state index is 0.0123.